The van der Waals surface area contributed by atoms with Gasteiger partial charge < -0.3 is 11.5 Å². The van der Waals surface area contributed by atoms with Crippen molar-refractivity contribution in [3.8, 4) is 0 Å². The summed E-state index contributed by atoms with van der Waals surface area (Å²) in [6.07, 6.45) is 6.41. The molecule has 0 unspecified atom stereocenters. The van der Waals surface area contributed by atoms with Gasteiger partial charge in [0.1, 0.15) is 0 Å². The fraction of sp³-hybridized carbons (Fsp3) is 1.00. The highest BCUT2D eigenvalue weighted by molar-refractivity contribution is 4.85. The van der Waals surface area contributed by atoms with Crippen molar-refractivity contribution in [2.24, 2.45) is 22.8 Å². The van der Waals surface area contributed by atoms with Gasteiger partial charge in [-0.15, -0.1) is 0 Å². The lowest BCUT2D eigenvalue weighted by atomic mass is 9.69. The van der Waals surface area contributed by atoms with Crippen LogP contribution in [-0.4, -0.2) is 13.1 Å². The van der Waals surface area contributed by atoms with E-state index in [0.717, 1.165) is 19.0 Å². The molecule has 2 nitrogen and oxygen atoms in total. The lowest BCUT2D eigenvalue weighted by Crippen LogP contribution is -2.35. The summed E-state index contributed by atoms with van der Waals surface area (Å²) in [4.78, 5) is 0. The zero-order valence-electron chi connectivity index (χ0n) is 8.18. The number of hydrogen-bond acceptors (Lipinski definition) is 2. The van der Waals surface area contributed by atoms with Crippen molar-refractivity contribution >= 4 is 0 Å². The van der Waals surface area contributed by atoms with Crippen LogP contribution in [0.15, 0.2) is 0 Å². The lowest BCUT2D eigenvalue weighted by Gasteiger charge is -2.38. The maximum absolute atomic E-state index is 5.80. The first-order valence-electron chi connectivity index (χ1n) is 5.16. The molecule has 0 saturated heterocycles. The smallest absolute Gasteiger partial charge is 0.00206 e. The maximum Gasteiger partial charge on any atom is -0.00206 e. The van der Waals surface area contributed by atoms with Gasteiger partial charge in [0.15, 0.2) is 0 Å². The Morgan fingerprint density at radius 1 is 1.25 bits per heavy atom. The maximum atomic E-state index is 5.80. The summed E-state index contributed by atoms with van der Waals surface area (Å²) in [6, 6.07) is 0. The van der Waals surface area contributed by atoms with E-state index < -0.39 is 0 Å². The van der Waals surface area contributed by atoms with Gasteiger partial charge in [-0.3, -0.25) is 0 Å². The van der Waals surface area contributed by atoms with Crippen LogP contribution in [0.2, 0.25) is 0 Å². The summed E-state index contributed by atoms with van der Waals surface area (Å²) in [6.45, 7) is 3.99. The molecule has 0 bridgehead atoms. The van der Waals surface area contributed by atoms with Gasteiger partial charge in [0.25, 0.3) is 0 Å². The van der Waals surface area contributed by atoms with E-state index >= 15 is 0 Å². The molecule has 1 aliphatic rings. The Bertz CT molecular complexity index is 120. The van der Waals surface area contributed by atoms with Crippen molar-refractivity contribution in [1.29, 1.82) is 0 Å². The van der Waals surface area contributed by atoms with Crippen molar-refractivity contribution in [3.05, 3.63) is 0 Å². The van der Waals surface area contributed by atoms with Gasteiger partial charge in [-0.05, 0) is 56.5 Å². The van der Waals surface area contributed by atoms with E-state index in [9.17, 15) is 0 Å². The minimum Gasteiger partial charge on any atom is -0.330 e. The molecule has 0 aromatic rings. The Kier molecular flexibility index (Phi) is 3.53. The van der Waals surface area contributed by atoms with Gasteiger partial charge in [0.2, 0.25) is 0 Å². The summed E-state index contributed by atoms with van der Waals surface area (Å²) in [5.74, 6) is 0.774. The topological polar surface area (TPSA) is 52.0 Å². The molecule has 0 aliphatic heterocycles. The highest BCUT2D eigenvalue weighted by Gasteiger charge is 2.31. The van der Waals surface area contributed by atoms with Crippen LogP contribution < -0.4 is 11.5 Å². The van der Waals surface area contributed by atoms with Crippen molar-refractivity contribution in [2.75, 3.05) is 13.1 Å². The van der Waals surface area contributed by atoms with Gasteiger partial charge in [-0.25, -0.2) is 0 Å². The Labute approximate surface area is 75.7 Å². The zero-order valence-corrected chi connectivity index (χ0v) is 8.18. The Hall–Kier alpha value is -0.0800. The molecule has 1 rings (SSSR count). The highest BCUT2D eigenvalue weighted by atomic mass is 14.6. The van der Waals surface area contributed by atoms with Crippen LogP contribution in [0.4, 0.5) is 0 Å². The normalized spacial score (nSPS) is 36.8. The SMILES string of the molecule is CCC1(CN)CCC(CN)CC1. The third kappa shape index (κ3) is 1.99. The first-order valence-corrected chi connectivity index (χ1v) is 5.16. The van der Waals surface area contributed by atoms with Crippen LogP contribution in [0.3, 0.4) is 0 Å². The Balaban J connectivity index is 2.42. The minimum absolute atomic E-state index is 0.464. The van der Waals surface area contributed by atoms with Crippen LogP contribution in [0.25, 0.3) is 0 Å². The molecule has 72 valence electrons. The van der Waals surface area contributed by atoms with Crippen LogP contribution in [-0.2, 0) is 0 Å². The van der Waals surface area contributed by atoms with Crippen LogP contribution in [0.5, 0.6) is 0 Å². The summed E-state index contributed by atoms with van der Waals surface area (Å²) >= 11 is 0. The second kappa shape index (κ2) is 4.24. The van der Waals surface area contributed by atoms with E-state index in [1.54, 1.807) is 0 Å². The molecule has 4 N–H and O–H groups in total. The molecule has 1 saturated carbocycles. The third-order valence-corrected chi connectivity index (χ3v) is 3.68. The van der Waals surface area contributed by atoms with E-state index in [-0.39, 0.29) is 0 Å². The highest BCUT2D eigenvalue weighted by Crippen LogP contribution is 2.40. The molecule has 12 heavy (non-hydrogen) atoms. The second-order valence-electron chi connectivity index (χ2n) is 4.24. The summed E-state index contributed by atoms with van der Waals surface area (Å²) < 4.78 is 0. The van der Waals surface area contributed by atoms with Gasteiger partial charge in [0.05, 0.1) is 0 Å². The number of rotatable bonds is 3. The molecule has 0 heterocycles. The summed E-state index contributed by atoms with van der Waals surface area (Å²) in [5.41, 5.74) is 11.9. The lowest BCUT2D eigenvalue weighted by molar-refractivity contribution is 0.153. The van der Waals surface area contributed by atoms with Gasteiger partial charge in [-0.2, -0.15) is 0 Å². The van der Waals surface area contributed by atoms with E-state index in [4.69, 9.17) is 11.5 Å². The van der Waals surface area contributed by atoms with E-state index in [2.05, 4.69) is 6.92 Å². The van der Waals surface area contributed by atoms with Crippen molar-refractivity contribution < 1.29 is 0 Å². The molecular weight excluding hydrogens is 148 g/mol. The van der Waals surface area contributed by atoms with E-state index in [0.29, 0.717) is 5.41 Å². The van der Waals surface area contributed by atoms with Crippen molar-refractivity contribution in [2.45, 2.75) is 39.0 Å². The Morgan fingerprint density at radius 2 is 1.83 bits per heavy atom. The fourth-order valence-electron chi connectivity index (χ4n) is 2.23. The first kappa shape index (κ1) is 10.0. The average Bonchev–Trinajstić information content (AvgIpc) is 2.18. The van der Waals surface area contributed by atoms with Crippen LogP contribution in [0, 0.1) is 11.3 Å². The van der Waals surface area contributed by atoms with E-state index in [1.807, 2.05) is 0 Å². The summed E-state index contributed by atoms with van der Waals surface area (Å²) in [5, 5.41) is 0. The molecule has 0 aromatic carbocycles. The fourth-order valence-corrected chi connectivity index (χ4v) is 2.23. The number of nitrogens with two attached hydrogens (primary N) is 2. The number of hydrogen-bond donors (Lipinski definition) is 2. The minimum atomic E-state index is 0.464. The quantitative estimate of drug-likeness (QED) is 0.674. The predicted molar refractivity (Wildman–Crippen MR) is 52.8 cm³/mol. The molecular formula is C10H22N2. The monoisotopic (exact) mass is 170 g/mol. The first-order chi connectivity index (χ1) is 5.76. The third-order valence-electron chi connectivity index (χ3n) is 3.68. The average molecular weight is 170 g/mol. The van der Waals surface area contributed by atoms with Crippen LogP contribution >= 0.6 is 0 Å². The molecule has 2 heteroatoms. The molecule has 0 spiro atoms. The van der Waals surface area contributed by atoms with E-state index in [1.165, 1.54) is 32.1 Å². The van der Waals surface area contributed by atoms with Crippen molar-refractivity contribution in [3.63, 3.8) is 0 Å². The molecule has 1 fully saturated rings. The Morgan fingerprint density at radius 3 is 2.17 bits per heavy atom. The summed E-state index contributed by atoms with van der Waals surface area (Å²) in [7, 11) is 0. The largest absolute Gasteiger partial charge is 0.330 e. The standard InChI is InChI=1S/C10H22N2/c1-2-10(8-12)5-3-9(7-11)4-6-10/h9H,2-8,11-12H2,1H3. The predicted octanol–water partition coefficient (Wildman–Crippen LogP) is 1.49. The molecule has 0 radical (unpaired) electrons. The molecule has 0 aromatic heterocycles. The second-order valence-corrected chi connectivity index (χ2v) is 4.24. The van der Waals surface area contributed by atoms with Gasteiger partial charge in [-0.1, -0.05) is 6.92 Å². The van der Waals surface area contributed by atoms with Gasteiger partial charge >= 0.3 is 0 Å². The zero-order chi connectivity index (χ0) is 9.03. The van der Waals surface area contributed by atoms with Crippen molar-refractivity contribution in [1.82, 2.24) is 0 Å². The molecule has 1 aliphatic carbocycles. The van der Waals surface area contributed by atoms with Crippen LogP contribution in [0.1, 0.15) is 39.0 Å². The van der Waals surface area contributed by atoms with Gasteiger partial charge in [0, 0.05) is 0 Å². The molecule has 0 atom stereocenters. The molecule has 0 amide bonds.